The van der Waals surface area contributed by atoms with Crippen LogP contribution in [-0.2, 0) is 6.42 Å². The van der Waals surface area contributed by atoms with Crippen LogP contribution < -0.4 is 9.47 Å². The molecule has 0 aliphatic rings. The number of alkyl halides is 1. The Morgan fingerprint density at radius 3 is 2.35 bits per heavy atom. The Kier molecular flexibility index (Phi) is 8.16. The molecule has 0 fully saturated rings. The van der Waals surface area contributed by atoms with Crippen molar-refractivity contribution >= 4 is 11.6 Å². The van der Waals surface area contributed by atoms with Crippen LogP contribution in [0.4, 0.5) is 4.39 Å². The van der Waals surface area contributed by atoms with E-state index >= 15 is 0 Å². The highest BCUT2D eigenvalue weighted by Gasteiger charge is 2.08. The average molecular weight is 383 g/mol. The Morgan fingerprint density at radius 1 is 1.04 bits per heavy atom. The van der Waals surface area contributed by atoms with Crippen LogP contribution in [0.1, 0.15) is 18.1 Å². The summed E-state index contributed by atoms with van der Waals surface area (Å²) in [4.78, 5) is 0. The molecule has 26 heavy (non-hydrogen) atoms. The standard InChI is InChI=1S/C20H24ClFO4/c1-14(10-21)12-26-20-7-4-16(9-19(20)22)8-15-2-5-18(6-3-15)25-13-17(24)11-23/h2-7,9,14,17,23-24H,8,10-13H2,1H3/t14-,17-/m0/s1. The first kappa shape index (κ1) is 20.5. The Balaban J connectivity index is 1.92. The van der Waals surface area contributed by atoms with Crippen molar-refractivity contribution in [2.24, 2.45) is 5.92 Å². The number of benzene rings is 2. The third kappa shape index (κ3) is 6.48. The first-order valence-electron chi connectivity index (χ1n) is 8.49. The van der Waals surface area contributed by atoms with Crippen LogP contribution in [0.2, 0.25) is 0 Å². The first-order valence-corrected chi connectivity index (χ1v) is 9.03. The maximum Gasteiger partial charge on any atom is 0.165 e. The van der Waals surface area contributed by atoms with Gasteiger partial charge in [0.15, 0.2) is 11.6 Å². The molecule has 142 valence electrons. The molecule has 4 nitrogen and oxygen atoms in total. The van der Waals surface area contributed by atoms with Crippen molar-refractivity contribution in [2.45, 2.75) is 19.4 Å². The zero-order valence-electron chi connectivity index (χ0n) is 14.7. The van der Waals surface area contributed by atoms with Gasteiger partial charge in [0.25, 0.3) is 0 Å². The quantitative estimate of drug-likeness (QED) is 0.618. The molecule has 2 atom stereocenters. The van der Waals surface area contributed by atoms with E-state index in [4.69, 9.17) is 26.2 Å². The van der Waals surface area contributed by atoms with Gasteiger partial charge in [-0.1, -0.05) is 25.1 Å². The molecular formula is C20H24ClFO4. The third-order valence-corrected chi connectivity index (χ3v) is 4.29. The van der Waals surface area contributed by atoms with E-state index < -0.39 is 6.10 Å². The van der Waals surface area contributed by atoms with Gasteiger partial charge in [0.05, 0.1) is 13.2 Å². The second-order valence-electron chi connectivity index (χ2n) is 6.30. The first-order chi connectivity index (χ1) is 12.5. The maximum atomic E-state index is 14.2. The summed E-state index contributed by atoms with van der Waals surface area (Å²) in [7, 11) is 0. The lowest BCUT2D eigenvalue weighted by molar-refractivity contribution is 0.0536. The van der Waals surface area contributed by atoms with Crippen molar-refractivity contribution in [3.63, 3.8) is 0 Å². The molecule has 0 aromatic heterocycles. The van der Waals surface area contributed by atoms with Gasteiger partial charge in [0.2, 0.25) is 0 Å². The summed E-state index contributed by atoms with van der Waals surface area (Å²) in [6, 6.07) is 12.3. The summed E-state index contributed by atoms with van der Waals surface area (Å²) in [6.07, 6.45) is -0.319. The van der Waals surface area contributed by atoms with Crippen LogP contribution in [0, 0.1) is 11.7 Å². The fraction of sp³-hybridized carbons (Fsp3) is 0.400. The molecule has 0 bridgehead atoms. The van der Waals surface area contributed by atoms with E-state index in [9.17, 15) is 9.50 Å². The van der Waals surface area contributed by atoms with E-state index in [2.05, 4.69) is 0 Å². The van der Waals surface area contributed by atoms with Crippen LogP contribution in [0.25, 0.3) is 0 Å². The molecular weight excluding hydrogens is 359 g/mol. The van der Waals surface area contributed by atoms with Gasteiger partial charge in [-0.05, 0) is 41.8 Å². The van der Waals surface area contributed by atoms with E-state index in [-0.39, 0.29) is 30.7 Å². The normalized spacial score (nSPS) is 13.3. The summed E-state index contributed by atoms with van der Waals surface area (Å²) in [6.45, 7) is 2.02. The second kappa shape index (κ2) is 10.4. The number of rotatable bonds is 10. The monoisotopic (exact) mass is 382 g/mol. The smallest absolute Gasteiger partial charge is 0.165 e. The van der Waals surface area contributed by atoms with Crippen LogP contribution in [0.3, 0.4) is 0 Å². The van der Waals surface area contributed by atoms with E-state index in [1.165, 1.54) is 6.07 Å². The minimum absolute atomic E-state index is 0.0326. The van der Waals surface area contributed by atoms with Gasteiger partial charge in [-0.3, -0.25) is 0 Å². The van der Waals surface area contributed by atoms with E-state index in [1.54, 1.807) is 18.2 Å². The Labute approximate surface area is 158 Å². The number of ether oxygens (including phenoxy) is 2. The van der Waals surface area contributed by atoms with Crippen LogP contribution >= 0.6 is 11.6 Å². The van der Waals surface area contributed by atoms with Crippen LogP contribution in [0.15, 0.2) is 42.5 Å². The highest BCUT2D eigenvalue weighted by Crippen LogP contribution is 2.22. The second-order valence-corrected chi connectivity index (χ2v) is 6.61. The Bertz CT molecular complexity index is 678. The summed E-state index contributed by atoms with van der Waals surface area (Å²) in [5, 5.41) is 18.0. The average Bonchev–Trinajstić information content (AvgIpc) is 2.66. The van der Waals surface area contributed by atoms with Crippen molar-refractivity contribution < 1.29 is 24.1 Å². The number of aliphatic hydroxyl groups excluding tert-OH is 2. The largest absolute Gasteiger partial charge is 0.491 e. The molecule has 2 aromatic carbocycles. The van der Waals surface area contributed by atoms with Gasteiger partial charge in [-0.15, -0.1) is 11.6 Å². The summed E-state index contributed by atoms with van der Waals surface area (Å²) < 4.78 is 25.0. The Morgan fingerprint density at radius 2 is 1.73 bits per heavy atom. The topological polar surface area (TPSA) is 58.9 Å². The van der Waals surface area contributed by atoms with E-state index in [1.807, 2.05) is 25.1 Å². The van der Waals surface area contributed by atoms with Crippen LogP contribution in [-0.4, -0.2) is 42.0 Å². The fourth-order valence-corrected chi connectivity index (χ4v) is 2.32. The van der Waals surface area contributed by atoms with Crippen LogP contribution in [0.5, 0.6) is 11.5 Å². The summed E-state index contributed by atoms with van der Waals surface area (Å²) in [5.74, 6) is 1.08. The molecule has 0 spiro atoms. The van der Waals surface area contributed by atoms with Crippen molar-refractivity contribution in [3.8, 4) is 11.5 Å². The number of aliphatic hydroxyl groups is 2. The predicted octanol–water partition coefficient (Wildman–Crippen LogP) is 3.40. The van der Waals surface area contributed by atoms with Gasteiger partial charge in [-0.2, -0.15) is 0 Å². The molecule has 0 radical (unpaired) electrons. The molecule has 0 aliphatic carbocycles. The predicted molar refractivity (Wildman–Crippen MR) is 99.6 cm³/mol. The number of halogens is 2. The zero-order valence-corrected chi connectivity index (χ0v) is 15.5. The molecule has 0 unspecified atom stereocenters. The molecule has 0 saturated carbocycles. The van der Waals surface area contributed by atoms with E-state index in [0.29, 0.717) is 24.7 Å². The molecule has 0 saturated heterocycles. The van der Waals surface area contributed by atoms with Gasteiger partial charge >= 0.3 is 0 Å². The SMILES string of the molecule is C[C@@H](CCl)COc1ccc(Cc2ccc(OC[C@@H](O)CO)cc2)cc1F. The number of hydrogen-bond acceptors (Lipinski definition) is 4. The number of hydrogen-bond donors (Lipinski definition) is 2. The van der Waals surface area contributed by atoms with Gasteiger partial charge in [-0.25, -0.2) is 4.39 Å². The Hall–Kier alpha value is -1.82. The van der Waals surface area contributed by atoms with Gasteiger partial charge in [0.1, 0.15) is 18.5 Å². The lowest BCUT2D eigenvalue weighted by Gasteiger charge is -2.12. The van der Waals surface area contributed by atoms with Crippen molar-refractivity contribution in [1.82, 2.24) is 0 Å². The zero-order chi connectivity index (χ0) is 18.9. The molecule has 6 heteroatoms. The van der Waals surface area contributed by atoms with E-state index in [0.717, 1.165) is 11.1 Å². The molecule has 2 rings (SSSR count). The van der Waals surface area contributed by atoms with Gasteiger partial charge in [0, 0.05) is 11.8 Å². The van der Waals surface area contributed by atoms with Crippen molar-refractivity contribution in [3.05, 3.63) is 59.4 Å². The highest BCUT2D eigenvalue weighted by atomic mass is 35.5. The molecule has 0 aliphatic heterocycles. The van der Waals surface area contributed by atoms with Crippen molar-refractivity contribution in [2.75, 3.05) is 25.7 Å². The molecule has 0 heterocycles. The van der Waals surface area contributed by atoms with Crippen molar-refractivity contribution in [1.29, 1.82) is 0 Å². The lowest BCUT2D eigenvalue weighted by Crippen LogP contribution is -2.21. The lowest BCUT2D eigenvalue weighted by atomic mass is 10.0. The highest BCUT2D eigenvalue weighted by molar-refractivity contribution is 6.18. The minimum Gasteiger partial charge on any atom is -0.491 e. The summed E-state index contributed by atoms with van der Waals surface area (Å²) >= 11 is 5.72. The molecule has 0 amide bonds. The maximum absolute atomic E-state index is 14.2. The minimum atomic E-state index is -0.897. The molecule has 2 aromatic rings. The summed E-state index contributed by atoms with van der Waals surface area (Å²) in [5.41, 5.74) is 1.84. The van der Waals surface area contributed by atoms with Gasteiger partial charge < -0.3 is 19.7 Å². The fourth-order valence-electron chi connectivity index (χ4n) is 2.23. The molecule has 2 N–H and O–H groups in total. The third-order valence-electron chi connectivity index (χ3n) is 3.77.